The lowest BCUT2D eigenvalue weighted by Crippen LogP contribution is -2.50. The van der Waals surface area contributed by atoms with Crippen LogP contribution in [0.15, 0.2) is 24.3 Å². The summed E-state index contributed by atoms with van der Waals surface area (Å²) in [5, 5.41) is 8.87. The summed E-state index contributed by atoms with van der Waals surface area (Å²) in [6.45, 7) is 3.57. The Morgan fingerprint density at radius 2 is 2.00 bits per heavy atom. The summed E-state index contributed by atoms with van der Waals surface area (Å²) < 4.78 is 10.8. The minimum atomic E-state index is -0.945. The van der Waals surface area contributed by atoms with Crippen molar-refractivity contribution in [1.29, 1.82) is 0 Å². The number of amides is 1. The lowest BCUT2D eigenvalue weighted by molar-refractivity contribution is -0.148. The Bertz CT molecular complexity index is 542. The smallest absolute Gasteiger partial charge is 0.335 e. The van der Waals surface area contributed by atoms with Gasteiger partial charge in [0.1, 0.15) is 0 Å². The van der Waals surface area contributed by atoms with E-state index in [2.05, 4.69) is 0 Å². The minimum absolute atomic E-state index is 0.00250. The van der Waals surface area contributed by atoms with E-state index in [1.165, 1.54) is 0 Å². The van der Waals surface area contributed by atoms with Crippen LogP contribution in [0.2, 0.25) is 0 Å². The third kappa shape index (κ3) is 5.04. The third-order valence-electron chi connectivity index (χ3n) is 3.86. The highest BCUT2D eigenvalue weighted by atomic mass is 16.5. The Balaban J connectivity index is 1.87. The molecule has 6 nitrogen and oxygen atoms in total. The molecule has 6 heteroatoms. The number of hydrogen-bond acceptors (Lipinski definition) is 4. The number of ether oxygens (including phenoxy) is 2. The molecule has 0 bridgehead atoms. The maximum absolute atomic E-state index is 12.4. The van der Waals surface area contributed by atoms with Crippen molar-refractivity contribution in [1.82, 2.24) is 4.90 Å². The predicted molar refractivity (Wildman–Crippen MR) is 84.5 cm³/mol. The minimum Gasteiger partial charge on any atom is -0.478 e. The van der Waals surface area contributed by atoms with Crippen LogP contribution in [0.3, 0.4) is 0 Å². The quantitative estimate of drug-likeness (QED) is 0.861. The van der Waals surface area contributed by atoms with Crippen LogP contribution in [0.1, 0.15) is 29.3 Å². The third-order valence-corrected chi connectivity index (χ3v) is 3.86. The summed E-state index contributed by atoms with van der Waals surface area (Å²) in [5.74, 6) is -0.859. The molecule has 0 aromatic heterocycles. The fourth-order valence-electron chi connectivity index (χ4n) is 2.75. The molecule has 0 aliphatic carbocycles. The molecule has 1 fully saturated rings. The standard InChI is InChI=1S/C17H23NO5/c1-12-9-18(10-15(23-12)11-22-2)16(19)8-5-13-3-6-14(7-4-13)17(20)21/h3-4,6-7,12,15H,5,8-11H2,1-2H3,(H,20,21). The molecule has 1 aromatic rings. The SMILES string of the molecule is COCC1CN(C(=O)CCc2ccc(C(=O)O)cc2)CC(C)O1. The first-order valence-electron chi connectivity index (χ1n) is 7.74. The van der Waals surface area contributed by atoms with Crippen LogP contribution in [0.25, 0.3) is 0 Å². The molecule has 23 heavy (non-hydrogen) atoms. The molecule has 0 radical (unpaired) electrons. The van der Waals surface area contributed by atoms with E-state index in [9.17, 15) is 9.59 Å². The van der Waals surface area contributed by atoms with Crippen LogP contribution in [0.4, 0.5) is 0 Å². The normalized spacial score (nSPS) is 21.2. The lowest BCUT2D eigenvalue weighted by Gasteiger charge is -2.36. The van der Waals surface area contributed by atoms with Crippen molar-refractivity contribution in [3.05, 3.63) is 35.4 Å². The van der Waals surface area contributed by atoms with Gasteiger partial charge in [-0.1, -0.05) is 12.1 Å². The number of hydrogen-bond donors (Lipinski definition) is 1. The van der Waals surface area contributed by atoms with Crippen molar-refractivity contribution >= 4 is 11.9 Å². The molecular formula is C17H23NO5. The average Bonchev–Trinajstić information content (AvgIpc) is 2.52. The number of aromatic carboxylic acids is 1. The van der Waals surface area contributed by atoms with E-state index in [0.29, 0.717) is 32.5 Å². The summed E-state index contributed by atoms with van der Waals surface area (Å²) >= 11 is 0. The highest BCUT2D eigenvalue weighted by Crippen LogP contribution is 2.14. The van der Waals surface area contributed by atoms with Crippen LogP contribution in [0, 0.1) is 0 Å². The highest BCUT2D eigenvalue weighted by Gasteiger charge is 2.27. The van der Waals surface area contributed by atoms with Crippen molar-refractivity contribution in [2.24, 2.45) is 0 Å². The van der Waals surface area contributed by atoms with Gasteiger partial charge in [0, 0.05) is 26.6 Å². The highest BCUT2D eigenvalue weighted by molar-refractivity contribution is 5.87. The number of rotatable bonds is 6. The largest absolute Gasteiger partial charge is 0.478 e. The van der Waals surface area contributed by atoms with Crippen LogP contribution >= 0.6 is 0 Å². The molecule has 1 aliphatic heterocycles. The molecule has 1 heterocycles. The van der Waals surface area contributed by atoms with Crippen LogP contribution in [-0.2, 0) is 20.7 Å². The first-order chi connectivity index (χ1) is 11.0. The summed E-state index contributed by atoms with van der Waals surface area (Å²) in [4.78, 5) is 25.0. The number of aryl methyl sites for hydroxylation is 1. The second-order valence-corrected chi connectivity index (χ2v) is 5.82. The fourth-order valence-corrected chi connectivity index (χ4v) is 2.75. The van der Waals surface area contributed by atoms with Crippen LogP contribution in [0.5, 0.6) is 0 Å². The van der Waals surface area contributed by atoms with E-state index >= 15 is 0 Å². The summed E-state index contributed by atoms with van der Waals surface area (Å²) in [7, 11) is 1.62. The molecule has 1 aliphatic rings. The zero-order valence-electron chi connectivity index (χ0n) is 13.5. The molecule has 1 N–H and O–H groups in total. The van der Waals surface area contributed by atoms with Gasteiger partial charge in [0.05, 0.1) is 24.4 Å². The molecule has 2 unspecified atom stereocenters. The Morgan fingerprint density at radius 1 is 1.30 bits per heavy atom. The van der Waals surface area contributed by atoms with Gasteiger partial charge >= 0.3 is 5.97 Å². The summed E-state index contributed by atoms with van der Waals surface area (Å²) in [5.41, 5.74) is 1.21. The second kappa shape index (κ2) is 8.08. The second-order valence-electron chi connectivity index (χ2n) is 5.82. The number of carbonyl (C=O) groups is 2. The van der Waals surface area contributed by atoms with Crippen molar-refractivity contribution in [2.75, 3.05) is 26.8 Å². The van der Waals surface area contributed by atoms with Crippen molar-refractivity contribution in [2.45, 2.75) is 32.0 Å². The van der Waals surface area contributed by atoms with E-state index in [-0.39, 0.29) is 23.7 Å². The van der Waals surface area contributed by atoms with Crippen LogP contribution < -0.4 is 0 Å². The molecule has 126 valence electrons. The van der Waals surface area contributed by atoms with Gasteiger partial charge in [-0.25, -0.2) is 4.79 Å². The van der Waals surface area contributed by atoms with Gasteiger partial charge in [0.25, 0.3) is 0 Å². The maximum Gasteiger partial charge on any atom is 0.335 e. The van der Waals surface area contributed by atoms with Gasteiger partial charge in [0.15, 0.2) is 0 Å². The summed E-state index contributed by atoms with van der Waals surface area (Å²) in [6, 6.07) is 6.64. The number of carboxylic acids is 1. The first kappa shape index (κ1) is 17.4. The number of nitrogens with zero attached hydrogens (tertiary/aromatic N) is 1. The Hall–Kier alpha value is -1.92. The predicted octanol–water partition coefficient (Wildman–Crippen LogP) is 1.58. The molecule has 1 aromatic carbocycles. The number of methoxy groups -OCH3 is 1. The Kier molecular flexibility index (Phi) is 6.12. The van der Waals surface area contributed by atoms with Gasteiger partial charge in [0.2, 0.25) is 5.91 Å². The lowest BCUT2D eigenvalue weighted by atomic mass is 10.1. The average molecular weight is 321 g/mol. The van der Waals surface area contributed by atoms with E-state index in [0.717, 1.165) is 5.56 Å². The molecule has 2 rings (SSSR count). The number of benzene rings is 1. The molecule has 0 spiro atoms. The van der Waals surface area contributed by atoms with E-state index in [1.54, 1.807) is 31.4 Å². The van der Waals surface area contributed by atoms with E-state index < -0.39 is 5.97 Å². The monoisotopic (exact) mass is 321 g/mol. The molecule has 2 atom stereocenters. The Labute approximate surface area is 136 Å². The zero-order valence-corrected chi connectivity index (χ0v) is 13.5. The van der Waals surface area contributed by atoms with Gasteiger partial charge in [-0.15, -0.1) is 0 Å². The zero-order chi connectivity index (χ0) is 16.8. The molecule has 1 amide bonds. The van der Waals surface area contributed by atoms with Gasteiger partial charge < -0.3 is 19.5 Å². The molecule has 0 saturated carbocycles. The first-order valence-corrected chi connectivity index (χ1v) is 7.74. The number of carboxylic acid groups (broad SMARTS) is 1. The fraction of sp³-hybridized carbons (Fsp3) is 0.529. The van der Waals surface area contributed by atoms with E-state index in [4.69, 9.17) is 14.6 Å². The number of morpholine rings is 1. The maximum atomic E-state index is 12.4. The van der Waals surface area contributed by atoms with Gasteiger partial charge in [-0.3, -0.25) is 4.79 Å². The van der Waals surface area contributed by atoms with Crippen LogP contribution in [-0.4, -0.2) is 60.9 Å². The summed E-state index contributed by atoms with van der Waals surface area (Å²) in [6.07, 6.45) is 0.920. The van der Waals surface area contributed by atoms with E-state index in [1.807, 2.05) is 11.8 Å². The number of carbonyl (C=O) groups excluding carboxylic acids is 1. The topological polar surface area (TPSA) is 76.1 Å². The van der Waals surface area contributed by atoms with Crippen molar-refractivity contribution < 1.29 is 24.2 Å². The van der Waals surface area contributed by atoms with Crippen molar-refractivity contribution in [3.63, 3.8) is 0 Å². The van der Waals surface area contributed by atoms with Gasteiger partial charge in [-0.2, -0.15) is 0 Å². The molecule has 1 saturated heterocycles. The Morgan fingerprint density at radius 3 is 2.61 bits per heavy atom. The molecular weight excluding hydrogens is 298 g/mol. The van der Waals surface area contributed by atoms with Gasteiger partial charge in [-0.05, 0) is 31.0 Å². The van der Waals surface area contributed by atoms with Crippen molar-refractivity contribution in [3.8, 4) is 0 Å².